The Balaban J connectivity index is 1.59. The molecule has 1 aromatic heterocycles. The highest BCUT2D eigenvalue weighted by Crippen LogP contribution is 2.29. The van der Waals surface area contributed by atoms with Crippen molar-refractivity contribution >= 4 is 11.6 Å². The maximum absolute atomic E-state index is 13.5. The topological polar surface area (TPSA) is 61.5 Å². The van der Waals surface area contributed by atoms with Crippen molar-refractivity contribution in [3.05, 3.63) is 77.6 Å². The van der Waals surface area contributed by atoms with Crippen molar-refractivity contribution in [2.75, 3.05) is 38.2 Å². The van der Waals surface area contributed by atoms with E-state index in [0.29, 0.717) is 37.4 Å². The van der Waals surface area contributed by atoms with E-state index in [1.165, 1.54) is 0 Å². The summed E-state index contributed by atoms with van der Waals surface area (Å²) in [6.07, 6.45) is 2.67. The summed E-state index contributed by atoms with van der Waals surface area (Å²) in [7, 11) is 1.67. The first-order valence-corrected chi connectivity index (χ1v) is 10.5. The molecule has 1 amide bonds. The summed E-state index contributed by atoms with van der Waals surface area (Å²) in [5, 5.41) is 9.64. The monoisotopic (exact) mass is 414 g/mol. The van der Waals surface area contributed by atoms with Crippen LogP contribution < -0.4 is 9.64 Å². The van der Waals surface area contributed by atoms with Crippen molar-refractivity contribution < 1.29 is 9.53 Å². The Hall–Kier alpha value is -3.72. The van der Waals surface area contributed by atoms with Gasteiger partial charge >= 0.3 is 0 Å². The first-order valence-electron chi connectivity index (χ1n) is 10.5. The van der Waals surface area contributed by atoms with Gasteiger partial charge in [0.2, 0.25) is 0 Å². The van der Waals surface area contributed by atoms with Crippen LogP contribution in [-0.4, -0.2) is 48.7 Å². The molecule has 0 atom stereocenters. The maximum Gasteiger partial charge on any atom is 0.272 e. The number of carbonyl (C=O) groups excluding carboxylic acids is 1. The third-order valence-electron chi connectivity index (χ3n) is 5.83. The Morgan fingerprint density at radius 2 is 1.68 bits per heavy atom. The number of ether oxygens (including phenoxy) is 1. The molecule has 1 aliphatic heterocycles. The predicted molar refractivity (Wildman–Crippen MR) is 121 cm³/mol. The Bertz CT molecular complexity index is 1120. The second-order valence-electron chi connectivity index (χ2n) is 7.49. The number of para-hydroxylation sites is 3. The number of carbonyl (C=O) groups is 1. The normalized spacial score (nSPS) is 13.7. The Morgan fingerprint density at radius 3 is 2.35 bits per heavy atom. The molecule has 0 spiro atoms. The lowest BCUT2D eigenvalue weighted by Gasteiger charge is -2.36. The van der Waals surface area contributed by atoms with Gasteiger partial charge in [0.25, 0.3) is 5.91 Å². The number of methoxy groups -OCH3 is 1. The van der Waals surface area contributed by atoms with Gasteiger partial charge in [-0.15, -0.1) is 0 Å². The highest BCUT2D eigenvalue weighted by Gasteiger charge is 2.28. The van der Waals surface area contributed by atoms with Crippen LogP contribution in [0.4, 0.5) is 5.69 Å². The molecule has 31 heavy (non-hydrogen) atoms. The lowest BCUT2D eigenvalue weighted by Crippen LogP contribution is -2.49. The molecule has 1 fully saturated rings. The van der Waals surface area contributed by atoms with Crippen LogP contribution in [0.3, 0.4) is 0 Å². The number of aryl methyl sites for hydroxylation is 1. The lowest BCUT2D eigenvalue weighted by molar-refractivity contribution is 0.0738. The molecular weight excluding hydrogens is 388 g/mol. The number of rotatable bonds is 5. The van der Waals surface area contributed by atoms with Crippen LogP contribution in [0.1, 0.15) is 28.5 Å². The van der Waals surface area contributed by atoms with E-state index in [1.807, 2.05) is 58.1 Å². The van der Waals surface area contributed by atoms with E-state index >= 15 is 0 Å². The molecule has 0 N–H and O–H groups in total. The van der Waals surface area contributed by atoms with Crippen molar-refractivity contribution in [1.82, 2.24) is 9.47 Å². The van der Waals surface area contributed by atoms with Gasteiger partial charge < -0.3 is 19.1 Å². The average molecular weight is 415 g/mol. The fourth-order valence-electron chi connectivity index (χ4n) is 4.18. The van der Waals surface area contributed by atoms with Gasteiger partial charge in [-0.25, -0.2) is 0 Å². The first-order chi connectivity index (χ1) is 15.2. The van der Waals surface area contributed by atoms with E-state index in [4.69, 9.17) is 4.74 Å². The molecule has 1 aliphatic rings. The fraction of sp³-hybridized carbons (Fsp3) is 0.280. The lowest BCUT2D eigenvalue weighted by atomic mass is 10.1. The van der Waals surface area contributed by atoms with Crippen molar-refractivity contribution in [1.29, 1.82) is 5.26 Å². The molecule has 2 aromatic carbocycles. The summed E-state index contributed by atoms with van der Waals surface area (Å²) in [6.45, 7) is 4.68. The third-order valence-corrected chi connectivity index (χ3v) is 5.83. The molecule has 4 rings (SSSR count). The molecule has 0 radical (unpaired) electrons. The number of hydrogen-bond donors (Lipinski definition) is 0. The van der Waals surface area contributed by atoms with Crippen molar-refractivity contribution in [3.8, 4) is 17.5 Å². The highest BCUT2D eigenvalue weighted by atomic mass is 16.5. The Kier molecular flexibility index (Phi) is 5.94. The van der Waals surface area contributed by atoms with Crippen LogP contribution in [0, 0.1) is 11.3 Å². The van der Waals surface area contributed by atoms with Crippen molar-refractivity contribution in [3.63, 3.8) is 0 Å². The zero-order valence-electron chi connectivity index (χ0n) is 17.9. The van der Waals surface area contributed by atoms with E-state index in [1.54, 1.807) is 13.2 Å². The quantitative estimate of drug-likeness (QED) is 0.636. The summed E-state index contributed by atoms with van der Waals surface area (Å²) in [4.78, 5) is 17.6. The van der Waals surface area contributed by atoms with Gasteiger partial charge in [0.15, 0.2) is 0 Å². The Labute approximate surface area is 182 Å². The summed E-state index contributed by atoms with van der Waals surface area (Å²) in [6, 6.07) is 19.9. The molecule has 6 nitrogen and oxygen atoms in total. The van der Waals surface area contributed by atoms with Gasteiger partial charge in [-0.3, -0.25) is 4.79 Å². The molecule has 1 saturated heterocycles. The number of benzene rings is 2. The summed E-state index contributed by atoms with van der Waals surface area (Å²) in [5.41, 5.74) is 3.97. The van der Waals surface area contributed by atoms with E-state index < -0.39 is 0 Å². The zero-order valence-corrected chi connectivity index (χ0v) is 17.9. The van der Waals surface area contributed by atoms with Gasteiger partial charge in [0, 0.05) is 38.1 Å². The maximum atomic E-state index is 13.5. The van der Waals surface area contributed by atoms with Gasteiger partial charge in [-0.2, -0.15) is 5.26 Å². The highest BCUT2D eigenvalue weighted by molar-refractivity contribution is 5.96. The van der Waals surface area contributed by atoms with Gasteiger partial charge in [-0.05, 0) is 36.2 Å². The minimum Gasteiger partial charge on any atom is -0.495 e. The van der Waals surface area contributed by atoms with Gasteiger partial charge in [0.05, 0.1) is 18.4 Å². The fourth-order valence-corrected chi connectivity index (χ4v) is 4.18. The SMILES string of the molecule is CCc1ccccc1-n1ccc(C#N)c1C(=O)N1CCN(c2ccccc2OC)CC1. The molecule has 158 valence electrons. The largest absolute Gasteiger partial charge is 0.495 e. The third kappa shape index (κ3) is 3.87. The second kappa shape index (κ2) is 8.97. The van der Waals surface area contributed by atoms with E-state index in [0.717, 1.165) is 29.1 Å². The number of aromatic nitrogens is 1. The molecule has 0 unspecified atom stereocenters. The van der Waals surface area contributed by atoms with Crippen LogP contribution >= 0.6 is 0 Å². The Morgan fingerprint density at radius 1 is 1.00 bits per heavy atom. The number of nitrogens with zero attached hydrogens (tertiary/aromatic N) is 4. The first kappa shape index (κ1) is 20.5. The van der Waals surface area contributed by atoms with Crippen LogP contribution in [0.5, 0.6) is 5.75 Å². The summed E-state index contributed by atoms with van der Waals surface area (Å²) < 4.78 is 7.35. The predicted octanol–water partition coefficient (Wildman–Crippen LogP) is 3.88. The number of nitriles is 1. The van der Waals surface area contributed by atoms with Gasteiger partial charge in [-0.1, -0.05) is 37.3 Å². The molecule has 0 saturated carbocycles. The van der Waals surface area contributed by atoms with E-state index in [9.17, 15) is 10.1 Å². The number of amides is 1. The average Bonchev–Trinajstić information content (AvgIpc) is 3.27. The van der Waals surface area contributed by atoms with Crippen molar-refractivity contribution in [2.45, 2.75) is 13.3 Å². The van der Waals surface area contributed by atoms with Gasteiger partial charge in [0.1, 0.15) is 17.5 Å². The van der Waals surface area contributed by atoms with Crippen LogP contribution in [0.25, 0.3) is 5.69 Å². The standard InChI is InChI=1S/C25H26N4O2/c1-3-19-8-4-5-9-21(19)29-13-12-20(18-26)24(29)25(30)28-16-14-27(15-17-28)22-10-6-7-11-23(22)31-2/h4-13H,3,14-17H2,1-2H3. The number of hydrogen-bond acceptors (Lipinski definition) is 4. The molecular formula is C25H26N4O2. The molecule has 3 aromatic rings. The number of piperazine rings is 1. The molecule has 0 aliphatic carbocycles. The van der Waals surface area contributed by atoms with Crippen molar-refractivity contribution in [2.24, 2.45) is 0 Å². The van der Waals surface area contributed by atoms with E-state index in [-0.39, 0.29) is 5.91 Å². The molecule has 0 bridgehead atoms. The van der Waals surface area contributed by atoms with Crippen LogP contribution in [-0.2, 0) is 6.42 Å². The zero-order chi connectivity index (χ0) is 21.8. The smallest absolute Gasteiger partial charge is 0.272 e. The number of anilines is 1. The summed E-state index contributed by atoms with van der Waals surface area (Å²) >= 11 is 0. The van der Waals surface area contributed by atoms with Crippen LogP contribution in [0.15, 0.2) is 60.8 Å². The molecule has 6 heteroatoms. The minimum absolute atomic E-state index is 0.105. The minimum atomic E-state index is -0.105. The van der Waals surface area contributed by atoms with Crippen LogP contribution in [0.2, 0.25) is 0 Å². The summed E-state index contributed by atoms with van der Waals surface area (Å²) in [5.74, 6) is 0.728. The van der Waals surface area contributed by atoms with E-state index in [2.05, 4.69) is 24.0 Å². The molecule has 2 heterocycles. The second-order valence-corrected chi connectivity index (χ2v) is 7.49.